The molecule has 1 aliphatic heterocycles. The molecule has 0 radical (unpaired) electrons. The van der Waals surface area contributed by atoms with E-state index in [-0.39, 0.29) is 17.7 Å². The summed E-state index contributed by atoms with van der Waals surface area (Å²) in [5.74, 6) is 0.404. The van der Waals surface area contributed by atoms with Crippen LogP contribution in [0.1, 0.15) is 33.1 Å². The number of amides is 1. The topological polar surface area (TPSA) is 54.5 Å². The molecule has 0 aromatic heterocycles. The number of carbonyl (C=O) groups is 1. The van der Waals surface area contributed by atoms with E-state index >= 15 is 0 Å². The third-order valence-electron chi connectivity index (χ3n) is 3.79. The number of rotatable bonds is 5. The minimum atomic E-state index is -3.33. The molecule has 0 saturated carbocycles. The Morgan fingerprint density at radius 3 is 2.57 bits per heavy atom. The van der Waals surface area contributed by atoms with Gasteiger partial charge in [0.05, 0.1) is 10.6 Å². The van der Waals surface area contributed by atoms with E-state index in [2.05, 4.69) is 0 Å². The Labute approximate surface area is 127 Å². The first-order valence-electron chi connectivity index (χ1n) is 7.47. The molecular weight excluding hydrogens is 286 g/mol. The van der Waals surface area contributed by atoms with Crippen molar-refractivity contribution >= 4 is 15.7 Å². The lowest BCUT2D eigenvalue weighted by Crippen LogP contribution is -2.40. The Kier molecular flexibility index (Phi) is 5.04. The molecule has 1 aromatic carbocycles. The van der Waals surface area contributed by atoms with Gasteiger partial charge in [-0.1, -0.05) is 32.0 Å². The Morgan fingerprint density at radius 1 is 1.29 bits per heavy atom. The minimum absolute atomic E-state index is 0.0286. The quantitative estimate of drug-likeness (QED) is 0.839. The summed E-state index contributed by atoms with van der Waals surface area (Å²) >= 11 is 0. The molecule has 5 heteroatoms. The predicted molar refractivity (Wildman–Crippen MR) is 82.7 cm³/mol. The summed E-state index contributed by atoms with van der Waals surface area (Å²) in [4.78, 5) is 14.3. The smallest absolute Gasteiger partial charge is 0.223 e. The molecule has 2 rings (SSSR count). The number of nitrogens with zero attached hydrogens (tertiary/aromatic N) is 1. The highest BCUT2D eigenvalue weighted by Gasteiger charge is 2.32. The highest BCUT2D eigenvalue weighted by atomic mass is 32.2. The molecular formula is C16H23NO3S. The van der Waals surface area contributed by atoms with E-state index in [1.54, 1.807) is 35.2 Å². The van der Waals surface area contributed by atoms with E-state index in [9.17, 15) is 13.2 Å². The zero-order valence-corrected chi connectivity index (χ0v) is 13.5. The van der Waals surface area contributed by atoms with Crippen LogP contribution in [-0.4, -0.2) is 37.6 Å². The number of hydrogen-bond acceptors (Lipinski definition) is 3. The van der Waals surface area contributed by atoms with E-state index < -0.39 is 9.84 Å². The molecule has 0 N–H and O–H groups in total. The Hall–Kier alpha value is -1.36. The fraction of sp³-hybridized carbons (Fsp3) is 0.562. The largest absolute Gasteiger partial charge is 0.339 e. The number of hydrogen-bond donors (Lipinski definition) is 0. The molecule has 1 aliphatic rings. The van der Waals surface area contributed by atoms with Gasteiger partial charge in [-0.25, -0.2) is 8.42 Å². The molecule has 1 heterocycles. The zero-order chi connectivity index (χ0) is 15.5. The lowest BCUT2D eigenvalue weighted by Gasteiger charge is -2.25. The third-order valence-corrected chi connectivity index (χ3v) is 5.61. The molecule has 21 heavy (non-hydrogen) atoms. The van der Waals surface area contributed by atoms with Crippen LogP contribution in [0.2, 0.25) is 0 Å². The van der Waals surface area contributed by atoms with E-state index in [1.165, 1.54) is 0 Å². The molecule has 1 unspecified atom stereocenters. The molecule has 1 fully saturated rings. The molecule has 1 amide bonds. The SMILES string of the molecule is CC(C)CC(=O)N1CCCC1CS(=O)(=O)c1ccccc1. The first kappa shape index (κ1) is 16.0. The molecule has 1 atom stereocenters. The third kappa shape index (κ3) is 4.06. The summed E-state index contributed by atoms with van der Waals surface area (Å²) in [6, 6.07) is 8.30. The Balaban J connectivity index is 2.09. The number of carbonyl (C=O) groups excluding carboxylic acids is 1. The van der Waals surface area contributed by atoms with Crippen LogP contribution in [-0.2, 0) is 14.6 Å². The first-order valence-corrected chi connectivity index (χ1v) is 9.12. The molecule has 4 nitrogen and oxygen atoms in total. The normalized spacial score (nSPS) is 19.2. The fourth-order valence-corrected chi connectivity index (χ4v) is 4.40. The van der Waals surface area contributed by atoms with Gasteiger partial charge in [-0.05, 0) is 30.9 Å². The lowest BCUT2D eigenvalue weighted by molar-refractivity contribution is -0.132. The van der Waals surface area contributed by atoms with Crippen molar-refractivity contribution in [3.63, 3.8) is 0 Å². The lowest BCUT2D eigenvalue weighted by atomic mass is 10.1. The van der Waals surface area contributed by atoms with Gasteiger partial charge in [0.15, 0.2) is 9.84 Å². The van der Waals surface area contributed by atoms with Crippen molar-refractivity contribution in [2.75, 3.05) is 12.3 Å². The Bertz CT molecular complexity index is 581. The summed E-state index contributed by atoms with van der Waals surface area (Å²) in [6.45, 7) is 4.69. The van der Waals surface area contributed by atoms with E-state index in [4.69, 9.17) is 0 Å². The second-order valence-corrected chi connectivity index (χ2v) is 8.11. The molecule has 1 saturated heterocycles. The van der Waals surface area contributed by atoms with Crippen LogP contribution in [0.3, 0.4) is 0 Å². The number of sulfone groups is 1. The maximum atomic E-state index is 12.4. The van der Waals surface area contributed by atoms with Crippen LogP contribution in [0.5, 0.6) is 0 Å². The van der Waals surface area contributed by atoms with Gasteiger partial charge >= 0.3 is 0 Å². The van der Waals surface area contributed by atoms with Gasteiger partial charge in [-0.3, -0.25) is 4.79 Å². The second kappa shape index (κ2) is 6.60. The highest BCUT2D eigenvalue weighted by molar-refractivity contribution is 7.91. The summed E-state index contributed by atoms with van der Waals surface area (Å²) in [6.07, 6.45) is 2.15. The van der Waals surface area contributed by atoms with Gasteiger partial charge in [0, 0.05) is 19.0 Å². The van der Waals surface area contributed by atoms with Crippen molar-refractivity contribution in [1.82, 2.24) is 4.90 Å². The fourth-order valence-electron chi connectivity index (χ4n) is 2.78. The van der Waals surface area contributed by atoms with E-state index in [0.717, 1.165) is 12.8 Å². The summed E-state index contributed by atoms with van der Waals surface area (Å²) in [7, 11) is -3.33. The van der Waals surface area contributed by atoms with Gasteiger partial charge in [0.1, 0.15) is 0 Å². The summed E-state index contributed by atoms with van der Waals surface area (Å²) < 4.78 is 24.9. The molecule has 0 bridgehead atoms. The van der Waals surface area contributed by atoms with Crippen LogP contribution >= 0.6 is 0 Å². The van der Waals surface area contributed by atoms with Crippen LogP contribution in [0.4, 0.5) is 0 Å². The van der Waals surface area contributed by atoms with Gasteiger partial charge in [0.2, 0.25) is 5.91 Å². The van der Waals surface area contributed by atoms with Crippen LogP contribution in [0.15, 0.2) is 35.2 Å². The highest BCUT2D eigenvalue weighted by Crippen LogP contribution is 2.23. The van der Waals surface area contributed by atoms with Crippen molar-refractivity contribution in [3.05, 3.63) is 30.3 Å². The maximum absolute atomic E-state index is 12.4. The molecule has 0 aliphatic carbocycles. The number of benzene rings is 1. The van der Waals surface area contributed by atoms with Crippen molar-refractivity contribution < 1.29 is 13.2 Å². The van der Waals surface area contributed by atoms with Gasteiger partial charge in [-0.15, -0.1) is 0 Å². The average molecular weight is 309 g/mol. The standard InChI is InChI=1S/C16H23NO3S/c1-13(2)11-16(18)17-10-6-7-14(17)12-21(19,20)15-8-4-3-5-9-15/h3-5,8-9,13-14H,6-7,10-12H2,1-2H3. The van der Waals surface area contributed by atoms with Crippen molar-refractivity contribution in [2.24, 2.45) is 5.92 Å². The van der Waals surface area contributed by atoms with Gasteiger partial charge in [-0.2, -0.15) is 0 Å². The summed E-state index contributed by atoms with van der Waals surface area (Å²) in [5.41, 5.74) is 0. The van der Waals surface area contributed by atoms with Gasteiger partial charge in [0.25, 0.3) is 0 Å². The van der Waals surface area contributed by atoms with Crippen LogP contribution in [0, 0.1) is 5.92 Å². The molecule has 0 spiro atoms. The van der Waals surface area contributed by atoms with Crippen LogP contribution < -0.4 is 0 Å². The van der Waals surface area contributed by atoms with Gasteiger partial charge < -0.3 is 4.90 Å². The molecule has 1 aromatic rings. The number of likely N-dealkylation sites (tertiary alicyclic amines) is 1. The zero-order valence-electron chi connectivity index (χ0n) is 12.7. The second-order valence-electron chi connectivity index (χ2n) is 6.08. The van der Waals surface area contributed by atoms with Crippen molar-refractivity contribution in [1.29, 1.82) is 0 Å². The summed E-state index contributed by atoms with van der Waals surface area (Å²) in [5, 5.41) is 0. The van der Waals surface area contributed by atoms with Crippen LogP contribution in [0.25, 0.3) is 0 Å². The Morgan fingerprint density at radius 2 is 1.95 bits per heavy atom. The van der Waals surface area contributed by atoms with E-state index in [1.807, 2.05) is 13.8 Å². The minimum Gasteiger partial charge on any atom is -0.339 e. The molecule has 116 valence electrons. The maximum Gasteiger partial charge on any atom is 0.223 e. The predicted octanol–water partition coefficient (Wildman–Crippen LogP) is 2.50. The van der Waals surface area contributed by atoms with Crippen molar-refractivity contribution in [2.45, 2.75) is 44.0 Å². The monoisotopic (exact) mass is 309 g/mol. The van der Waals surface area contributed by atoms with E-state index in [0.29, 0.717) is 23.8 Å². The average Bonchev–Trinajstić information content (AvgIpc) is 2.86. The van der Waals surface area contributed by atoms with Crippen molar-refractivity contribution in [3.8, 4) is 0 Å². The first-order chi connectivity index (χ1) is 9.90.